The van der Waals surface area contributed by atoms with Gasteiger partial charge in [0.05, 0.1) is 5.92 Å². The van der Waals surface area contributed by atoms with Crippen LogP contribution < -0.4 is 21.4 Å². The van der Waals surface area contributed by atoms with Crippen LogP contribution in [-0.2, 0) is 20.9 Å². The molecular weight excluding hydrogens is 384 g/mol. The van der Waals surface area contributed by atoms with Crippen LogP contribution in [0.25, 0.3) is 0 Å². The van der Waals surface area contributed by atoms with E-state index in [4.69, 9.17) is 0 Å². The summed E-state index contributed by atoms with van der Waals surface area (Å²) in [6.45, 7) is 9.82. The molecule has 3 atom stereocenters. The van der Waals surface area contributed by atoms with Gasteiger partial charge in [0.2, 0.25) is 11.8 Å². The summed E-state index contributed by atoms with van der Waals surface area (Å²) < 4.78 is 0. The van der Waals surface area contributed by atoms with Crippen molar-refractivity contribution in [2.75, 3.05) is 7.05 Å². The Morgan fingerprint density at radius 2 is 1.60 bits per heavy atom. The summed E-state index contributed by atoms with van der Waals surface area (Å²) in [5, 5.41) is 17.8. The average Bonchev–Trinajstić information content (AvgIpc) is 2.69. The molecule has 1 aromatic carbocycles. The number of nitrogens with one attached hydrogen (secondary N) is 4. The van der Waals surface area contributed by atoms with Crippen molar-refractivity contribution in [1.29, 1.82) is 0 Å². The number of hydrogen-bond donors (Lipinski definition) is 5. The Labute approximate surface area is 179 Å². The Morgan fingerprint density at radius 3 is 2.07 bits per heavy atom. The summed E-state index contributed by atoms with van der Waals surface area (Å²) in [5.41, 5.74) is 2.08. The molecule has 5 N–H and O–H groups in total. The normalized spacial score (nSPS) is 14.5. The number of carbonyl (C=O) groups is 3. The zero-order valence-corrected chi connectivity index (χ0v) is 18.8. The van der Waals surface area contributed by atoms with E-state index in [1.54, 1.807) is 5.48 Å². The first-order valence-electron chi connectivity index (χ1n) is 10.2. The molecule has 0 saturated carbocycles. The summed E-state index contributed by atoms with van der Waals surface area (Å²) >= 11 is 0. The molecule has 0 bridgehead atoms. The lowest BCUT2D eigenvalue weighted by Gasteiger charge is -2.33. The molecule has 168 valence electrons. The molecule has 1 aromatic rings. The predicted molar refractivity (Wildman–Crippen MR) is 115 cm³/mol. The summed E-state index contributed by atoms with van der Waals surface area (Å²) in [5.74, 6) is -2.09. The summed E-state index contributed by atoms with van der Waals surface area (Å²) in [6, 6.07) is 7.72. The quantitative estimate of drug-likeness (QED) is 0.291. The van der Waals surface area contributed by atoms with Crippen molar-refractivity contribution in [1.82, 2.24) is 21.4 Å². The monoisotopic (exact) mass is 420 g/mol. The molecule has 0 aliphatic carbocycles. The van der Waals surface area contributed by atoms with Gasteiger partial charge in [0.25, 0.3) is 5.91 Å². The van der Waals surface area contributed by atoms with E-state index >= 15 is 0 Å². The van der Waals surface area contributed by atoms with Crippen molar-refractivity contribution in [2.45, 2.75) is 59.7 Å². The lowest BCUT2D eigenvalue weighted by molar-refractivity contribution is -0.140. The number of hydroxylamine groups is 1. The van der Waals surface area contributed by atoms with Crippen molar-refractivity contribution in [3.8, 4) is 0 Å². The fourth-order valence-corrected chi connectivity index (χ4v) is 3.28. The maximum Gasteiger partial charge on any atom is 0.261 e. The van der Waals surface area contributed by atoms with Crippen LogP contribution in [0, 0.1) is 17.3 Å². The standard InChI is InChI=1S/C22H36N4O4/c1-14(2)12-16(19(27)25-18(21(29)23-6)22(3,4)5)17(20(28)26-30)24-13-15-10-8-7-9-11-15/h7-11,14,16-18,24,30H,12-13H2,1-6H3,(H,23,29)(H,25,27)(H,26,28)/t16-,17+,18-/m1/s1. The van der Waals surface area contributed by atoms with Crippen molar-refractivity contribution < 1.29 is 19.6 Å². The van der Waals surface area contributed by atoms with Gasteiger partial charge in [-0.05, 0) is 23.3 Å². The third-order valence-corrected chi connectivity index (χ3v) is 4.89. The molecule has 0 radical (unpaired) electrons. The number of hydrogen-bond acceptors (Lipinski definition) is 5. The van der Waals surface area contributed by atoms with Gasteiger partial charge >= 0.3 is 0 Å². The van der Waals surface area contributed by atoms with E-state index in [-0.39, 0.29) is 11.8 Å². The van der Waals surface area contributed by atoms with Gasteiger partial charge in [-0.15, -0.1) is 0 Å². The van der Waals surface area contributed by atoms with Crippen LogP contribution in [0.1, 0.15) is 46.6 Å². The molecule has 0 heterocycles. The first-order chi connectivity index (χ1) is 14.0. The Balaban J connectivity index is 3.14. The van der Waals surface area contributed by atoms with Crippen LogP contribution in [0.5, 0.6) is 0 Å². The van der Waals surface area contributed by atoms with Crippen LogP contribution in [0.15, 0.2) is 30.3 Å². The Bertz CT molecular complexity index is 701. The number of benzene rings is 1. The second-order valence-corrected chi connectivity index (χ2v) is 8.98. The van der Waals surface area contributed by atoms with Gasteiger partial charge in [-0.25, -0.2) is 5.48 Å². The zero-order chi connectivity index (χ0) is 22.9. The topological polar surface area (TPSA) is 120 Å². The van der Waals surface area contributed by atoms with Crippen molar-refractivity contribution in [3.05, 3.63) is 35.9 Å². The van der Waals surface area contributed by atoms with Crippen LogP contribution >= 0.6 is 0 Å². The minimum absolute atomic E-state index is 0.112. The summed E-state index contributed by atoms with van der Waals surface area (Å²) in [6.07, 6.45) is 0.399. The number of rotatable bonds is 10. The Kier molecular flexibility index (Phi) is 9.95. The Morgan fingerprint density at radius 1 is 1.00 bits per heavy atom. The highest BCUT2D eigenvalue weighted by molar-refractivity contribution is 5.93. The molecular formula is C22H36N4O4. The van der Waals surface area contributed by atoms with Gasteiger partial charge in [0.15, 0.2) is 0 Å². The first-order valence-corrected chi connectivity index (χ1v) is 10.2. The van der Waals surface area contributed by atoms with E-state index in [1.165, 1.54) is 7.05 Å². The van der Waals surface area contributed by atoms with Gasteiger partial charge in [0.1, 0.15) is 12.1 Å². The minimum Gasteiger partial charge on any atom is -0.357 e. The van der Waals surface area contributed by atoms with E-state index in [2.05, 4.69) is 16.0 Å². The minimum atomic E-state index is -0.970. The van der Waals surface area contributed by atoms with E-state index in [0.29, 0.717) is 13.0 Å². The SMILES string of the molecule is CNC(=O)[C@@H](NC(=O)[C@H](CC(C)C)[C@H](NCc1ccccc1)C(=O)NO)C(C)(C)C. The van der Waals surface area contributed by atoms with Crippen molar-refractivity contribution in [3.63, 3.8) is 0 Å². The molecule has 0 aliphatic rings. The summed E-state index contributed by atoms with van der Waals surface area (Å²) in [7, 11) is 1.52. The third kappa shape index (κ3) is 7.76. The van der Waals surface area contributed by atoms with Crippen LogP contribution in [-0.4, -0.2) is 42.1 Å². The first kappa shape index (κ1) is 25.6. The van der Waals surface area contributed by atoms with Crippen molar-refractivity contribution >= 4 is 17.7 Å². The van der Waals surface area contributed by atoms with E-state index in [0.717, 1.165) is 5.56 Å². The molecule has 0 fully saturated rings. The van der Waals surface area contributed by atoms with Crippen LogP contribution in [0.3, 0.4) is 0 Å². The molecule has 0 aromatic heterocycles. The highest BCUT2D eigenvalue weighted by Crippen LogP contribution is 2.22. The highest BCUT2D eigenvalue weighted by Gasteiger charge is 2.38. The predicted octanol–water partition coefficient (Wildman–Crippen LogP) is 1.59. The maximum atomic E-state index is 13.2. The van der Waals surface area contributed by atoms with Gasteiger partial charge in [-0.2, -0.15) is 0 Å². The molecule has 0 unspecified atom stereocenters. The largest absolute Gasteiger partial charge is 0.357 e. The third-order valence-electron chi connectivity index (χ3n) is 4.89. The average molecular weight is 421 g/mol. The molecule has 1 rings (SSSR count). The Hall–Kier alpha value is -2.45. The van der Waals surface area contributed by atoms with E-state index < -0.39 is 35.2 Å². The highest BCUT2D eigenvalue weighted by atomic mass is 16.5. The van der Waals surface area contributed by atoms with Gasteiger partial charge in [0, 0.05) is 13.6 Å². The van der Waals surface area contributed by atoms with Crippen molar-refractivity contribution in [2.24, 2.45) is 17.3 Å². The van der Waals surface area contributed by atoms with E-state index in [9.17, 15) is 19.6 Å². The lowest BCUT2D eigenvalue weighted by atomic mass is 9.84. The van der Waals surface area contributed by atoms with Gasteiger partial charge in [-0.3, -0.25) is 19.6 Å². The second kappa shape index (κ2) is 11.7. The van der Waals surface area contributed by atoms with Crippen LogP contribution in [0.2, 0.25) is 0 Å². The molecule has 8 nitrogen and oxygen atoms in total. The molecule has 3 amide bonds. The molecule has 8 heteroatoms. The fraction of sp³-hybridized carbons (Fsp3) is 0.591. The molecule has 30 heavy (non-hydrogen) atoms. The maximum absolute atomic E-state index is 13.2. The van der Waals surface area contributed by atoms with Gasteiger partial charge in [-0.1, -0.05) is 65.0 Å². The second-order valence-electron chi connectivity index (χ2n) is 8.98. The molecule has 0 aliphatic heterocycles. The van der Waals surface area contributed by atoms with E-state index in [1.807, 2.05) is 65.0 Å². The smallest absolute Gasteiger partial charge is 0.261 e. The summed E-state index contributed by atoms with van der Waals surface area (Å²) in [4.78, 5) is 38.0. The molecule has 0 saturated heterocycles. The zero-order valence-electron chi connectivity index (χ0n) is 18.8. The van der Waals surface area contributed by atoms with Crippen LogP contribution in [0.4, 0.5) is 0 Å². The number of amides is 3. The molecule has 0 spiro atoms. The number of likely N-dealkylation sites (N-methyl/N-ethyl adjacent to an activating group) is 1. The lowest BCUT2D eigenvalue weighted by Crippen LogP contribution is -2.58. The number of carbonyl (C=O) groups excluding carboxylic acids is 3. The van der Waals surface area contributed by atoms with Gasteiger partial charge < -0.3 is 16.0 Å². The fourth-order valence-electron chi connectivity index (χ4n) is 3.28.